The average molecular weight is 252 g/mol. The molecule has 2 rings (SSSR count). The number of fused-ring (bicyclic) bond motifs is 1. The van der Waals surface area contributed by atoms with Crippen LogP contribution in [-0.2, 0) is 6.54 Å². The third kappa shape index (κ3) is 3.27. The minimum Gasteiger partial charge on any atom is -0.439 e. The van der Waals surface area contributed by atoms with Gasteiger partial charge in [-0.15, -0.1) is 0 Å². The first-order valence-corrected chi connectivity index (χ1v) is 5.79. The molecular formula is C13H17FN2O2. The Labute approximate surface area is 105 Å². The van der Waals surface area contributed by atoms with Crippen LogP contribution in [0.5, 0.6) is 0 Å². The summed E-state index contributed by atoms with van der Waals surface area (Å²) in [6, 6.07) is 4.26. The summed E-state index contributed by atoms with van der Waals surface area (Å²) in [7, 11) is 1.87. The predicted octanol–water partition coefficient (Wildman–Crippen LogP) is 2.17. The number of hydrogen-bond donors (Lipinski definition) is 1. The molecule has 0 radical (unpaired) electrons. The van der Waals surface area contributed by atoms with E-state index in [0.717, 1.165) is 0 Å². The molecule has 0 unspecified atom stereocenters. The molecule has 0 aliphatic carbocycles. The zero-order chi connectivity index (χ0) is 13.3. The van der Waals surface area contributed by atoms with Gasteiger partial charge in [0, 0.05) is 12.6 Å². The van der Waals surface area contributed by atoms with Crippen molar-refractivity contribution in [3.05, 3.63) is 29.9 Å². The van der Waals surface area contributed by atoms with Gasteiger partial charge in [0.05, 0.1) is 12.1 Å². The molecule has 0 aliphatic heterocycles. The lowest BCUT2D eigenvalue weighted by Gasteiger charge is -2.24. The monoisotopic (exact) mass is 252 g/mol. The van der Waals surface area contributed by atoms with E-state index in [-0.39, 0.29) is 5.82 Å². The van der Waals surface area contributed by atoms with Crippen molar-refractivity contribution in [1.82, 2.24) is 9.88 Å². The number of likely N-dealkylation sites (N-methyl/N-ethyl adjacent to an activating group) is 1. The second kappa shape index (κ2) is 4.66. The fourth-order valence-electron chi connectivity index (χ4n) is 1.96. The van der Waals surface area contributed by atoms with Crippen molar-refractivity contribution < 1.29 is 13.9 Å². The Kier molecular flexibility index (Phi) is 3.36. The van der Waals surface area contributed by atoms with E-state index in [1.165, 1.54) is 12.1 Å². The van der Waals surface area contributed by atoms with Gasteiger partial charge in [-0.25, -0.2) is 9.37 Å². The molecule has 0 spiro atoms. The van der Waals surface area contributed by atoms with Crippen LogP contribution in [0.4, 0.5) is 4.39 Å². The van der Waals surface area contributed by atoms with E-state index in [0.29, 0.717) is 30.1 Å². The fourth-order valence-corrected chi connectivity index (χ4v) is 1.96. The number of halogens is 1. The Morgan fingerprint density at radius 3 is 2.83 bits per heavy atom. The van der Waals surface area contributed by atoms with Crippen LogP contribution in [0.25, 0.3) is 11.1 Å². The number of nitrogens with zero attached hydrogens (tertiary/aromatic N) is 2. The molecule has 0 saturated heterocycles. The second-order valence-corrected chi connectivity index (χ2v) is 5.20. The highest BCUT2D eigenvalue weighted by molar-refractivity contribution is 5.72. The van der Waals surface area contributed by atoms with Crippen molar-refractivity contribution in [2.45, 2.75) is 26.0 Å². The minimum absolute atomic E-state index is 0.327. The minimum atomic E-state index is -0.771. The Morgan fingerprint density at radius 1 is 1.44 bits per heavy atom. The molecule has 0 fully saturated rings. The summed E-state index contributed by atoms with van der Waals surface area (Å²) in [5.41, 5.74) is 0.317. The predicted molar refractivity (Wildman–Crippen MR) is 66.6 cm³/mol. The smallest absolute Gasteiger partial charge is 0.209 e. The lowest BCUT2D eigenvalue weighted by Crippen LogP contribution is -2.35. The van der Waals surface area contributed by atoms with E-state index in [1.807, 2.05) is 11.9 Å². The van der Waals surface area contributed by atoms with Gasteiger partial charge in [-0.05, 0) is 33.0 Å². The van der Waals surface area contributed by atoms with Gasteiger partial charge >= 0.3 is 0 Å². The molecule has 1 aromatic carbocycles. The Balaban J connectivity index is 2.12. The molecular weight excluding hydrogens is 235 g/mol. The Morgan fingerprint density at radius 2 is 2.17 bits per heavy atom. The van der Waals surface area contributed by atoms with Crippen LogP contribution in [0.1, 0.15) is 19.7 Å². The van der Waals surface area contributed by atoms with Crippen LogP contribution in [0, 0.1) is 5.82 Å². The number of aliphatic hydroxyl groups is 1. The molecule has 0 aliphatic rings. The van der Waals surface area contributed by atoms with Crippen LogP contribution >= 0.6 is 0 Å². The maximum Gasteiger partial charge on any atom is 0.209 e. The van der Waals surface area contributed by atoms with Gasteiger partial charge in [-0.2, -0.15) is 0 Å². The van der Waals surface area contributed by atoms with Crippen molar-refractivity contribution in [2.24, 2.45) is 0 Å². The first-order valence-electron chi connectivity index (χ1n) is 5.79. The van der Waals surface area contributed by atoms with Crippen molar-refractivity contribution in [3.8, 4) is 0 Å². The van der Waals surface area contributed by atoms with Crippen molar-refractivity contribution in [2.75, 3.05) is 13.6 Å². The quantitative estimate of drug-likeness (QED) is 0.906. The average Bonchev–Trinajstić information content (AvgIpc) is 2.55. The number of oxazole rings is 1. The summed E-state index contributed by atoms with van der Waals surface area (Å²) in [6.07, 6.45) is 0. The number of benzene rings is 1. The molecule has 0 atom stereocenters. The third-order valence-electron chi connectivity index (χ3n) is 2.46. The largest absolute Gasteiger partial charge is 0.439 e. The van der Waals surface area contributed by atoms with Gasteiger partial charge in [0.15, 0.2) is 5.58 Å². The molecule has 1 heterocycles. The number of rotatable bonds is 4. The molecule has 2 aromatic rings. The summed E-state index contributed by atoms with van der Waals surface area (Å²) in [4.78, 5) is 6.12. The van der Waals surface area contributed by atoms with Gasteiger partial charge in [0.2, 0.25) is 5.89 Å². The normalized spacial score (nSPS) is 12.6. The summed E-state index contributed by atoms with van der Waals surface area (Å²) in [6.45, 7) is 4.45. The fraction of sp³-hybridized carbons (Fsp3) is 0.462. The first kappa shape index (κ1) is 13.0. The summed E-state index contributed by atoms with van der Waals surface area (Å²) in [5, 5.41) is 9.70. The molecule has 98 valence electrons. The lowest BCUT2D eigenvalue weighted by molar-refractivity contribution is 0.0404. The summed E-state index contributed by atoms with van der Waals surface area (Å²) in [5.74, 6) is 0.189. The van der Waals surface area contributed by atoms with Crippen LogP contribution in [0.3, 0.4) is 0 Å². The Bertz CT molecular complexity index is 545. The highest BCUT2D eigenvalue weighted by atomic mass is 19.1. The van der Waals surface area contributed by atoms with Crippen LogP contribution in [0.15, 0.2) is 22.6 Å². The molecule has 18 heavy (non-hydrogen) atoms. The van der Waals surface area contributed by atoms with E-state index >= 15 is 0 Å². The van der Waals surface area contributed by atoms with Crippen LogP contribution < -0.4 is 0 Å². The SMILES string of the molecule is CN(Cc1nc2cc(F)ccc2o1)CC(C)(C)O. The van der Waals surface area contributed by atoms with E-state index in [9.17, 15) is 9.50 Å². The van der Waals surface area contributed by atoms with Gasteiger partial charge < -0.3 is 9.52 Å². The lowest BCUT2D eigenvalue weighted by atomic mass is 10.1. The third-order valence-corrected chi connectivity index (χ3v) is 2.46. The van der Waals surface area contributed by atoms with Gasteiger partial charge in [-0.1, -0.05) is 0 Å². The molecule has 0 bridgehead atoms. The van der Waals surface area contributed by atoms with E-state index in [2.05, 4.69) is 4.98 Å². The highest BCUT2D eigenvalue weighted by Gasteiger charge is 2.17. The van der Waals surface area contributed by atoms with Crippen molar-refractivity contribution >= 4 is 11.1 Å². The van der Waals surface area contributed by atoms with Crippen LogP contribution in [-0.4, -0.2) is 34.2 Å². The highest BCUT2D eigenvalue weighted by Crippen LogP contribution is 2.17. The summed E-state index contributed by atoms with van der Waals surface area (Å²) >= 11 is 0. The van der Waals surface area contributed by atoms with Gasteiger partial charge in [0.1, 0.15) is 11.3 Å². The molecule has 1 aromatic heterocycles. The van der Waals surface area contributed by atoms with E-state index in [1.54, 1.807) is 19.9 Å². The van der Waals surface area contributed by atoms with E-state index < -0.39 is 5.60 Å². The van der Waals surface area contributed by atoms with Crippen molar-refractivity contribution in [1.29, 1.82) is 0 Å². The molecule has 1 N–H and O–H groups in total. The summed E-state index contributed by atoms with van der Waals surface area (Å²) < 4.78 is 18.5. The molecule has 5 heteroatoms. The van der Waals surface area contributed by atoms with Gasteiger partial charge in [-0.3, -0.25) is 4.90 Å². The van der Waals surface area contributed by atoms with E-state index in [4.69, 9.17) is 4.42 Å². The van der Waals surface area contributed by atoms with Gasteiger partial charge in [0.25, 0.3) is 0 Å². The topological polar surface area (TPSA) is 49.5 Å². The molecule has 0 saturated carbocycles. The second-order valence-electron chi connectivity index (χ2n) is 5.20. The van der Waals surface area contributed by atoms with Crippen LogP contribution in [0.2, 0.25) is 0 Å². The standard InChI is InChI=1S/C13H17FN2O2/c1-13(2,17)8-16(3)7-12-15-10-6-9(14)4-5-11(10)18-12/h4-6,17H,7-8H2,1-3H3. The number of hydrogen-bond acceptors (Lipinski definition) is 4. The first-order chi connectivity index (χ1) is 8.33. The molecule has 0 amide bonds. The maximum atomic E-state index is 13.0. The van der Waals surface area contributed by atoms with Crippen molar-refractivity contribution in [3.63, 3.8) is 0 Å². The number of aromatic nitrogens is 1. The molecule has 4 nitrogen and oxygen atoms in total. The Hall–Kier alpha value is -1.46. The maximum absolute atomic E-state index is 13.0. The zero-order valence-electron chi connectivity index (χ0n) is 10.8. The zero-order valence-corrected chi connectivity index (χ0v) is 10.8.